The van der Waals surface area contributed by atoms with Crippen LogP contribution in [-0.2, 0) is 0 Å². The number of fused-ring (bicyclic) bond motifs is 1. The highest BCUT2D eigenvalue weighted by molar-refractivity contribution is 6.37. The van der Waals surface area contributed by atoms with Crippen LogP contribution in [0.2, 0.25) is 0 Å². The third-order valence-corrected chi connectivity index (χ3v) is 3.72. The Bertz CT molecular complexity index is 884. The number of hydrogen-bond acceptors (Lipinski definition) is 7. The van der Waals surface area contributed by atoms with Gasteiger partial charge < -0.3 is 4.74 Å². The molecule has 0 atom stereocenters. The molecule has 0 aliphatic carbocycles. The second kappa shape index (κ2) is 5.67. The lowest BCUT2D eigenvalue weighted by Gasteiger charge is -2.13. The molecule has 0 unspecified atom stereocenters. The monoisotopic (exact) mass is 343 g/mol. The van der Waals surface area contributed by atoms with E-state index in [0.29, 0.717) is 10.6 Å². The van der Waals surface area contributed by atoms with Crippen molar-refractivity contribution in [1.29, 1.82) is 0 Å². The number of imide groups is 1. The summed E-state index contributed by atoms with van der Waals surface area (Å²) in [6, 6.07) is 7.47. The Morgan fingerprint density at radius 3 is 1.64 bits per heavy atom. The molecule has 3 rings (SSSR count). The molecule has 0 radical (unpaired) electrons. The molecule has 1 aliphatic heterocycles. The fourth-order valence-corrected chi connectivity index (χ4v) is 2.60. The van der Waals surface area contributed by atoms with E-state index in [1.54, 1.807) is 0 Å². The maximum Gasteiger partial charge on any atom is 0.283 e. The van der Waals surface area contributed by atoms with Crippen molar-refractivity contribution < 1.29 is 24.2 Å². The Kier molecular flexibility index (Phi) is 3.64. The SMILES string of the molecule is COc1ccc(N2C(=O)c3c([N+](=O)[O-])ccc([N+](=O)[O-])c3C2=O)cc1. The van der Waals surface area contributed by atoms with Crippen molar-refractivity contribution in [3.8, 4) is 5.75 Å². The molecule has 0 saturated carbocycles. The molecule has 25 heavy (non-hydrogen) atoms. The van der Waals surface area contributed by atoms with Crippen LogP contribution in [0.1, 0.15) is 20.7 Å². The maximum absolute atomic E-state index is 12.6. The van der Waals surface area contributed by atoms with E-state index in [-0.39, 0.29) is 5.69 Å². The van der Waals surface area contributed by atoms with Crippen molar-refractivity contribution in [3.05, 3.63) is 67.8 Å². The van der Waals surface area contributed by atoms with Crippen LogP contribution in [0.5, 0.6) is 5.75 Å². The predicted octanol–water partition coefficient (Wildman–Crippen LogP) is 2.31. The molecule has 1 heterocycles. The number of amides is 2. The van der Waals surface area contributed by atoms with Crippen molar-refractivity contribution in [2.24, 2.45) is 0 Å². The summed E-state index contributed by atoms with van der Waals surface area (Å²) in [6.45, 7) is 0. The van der Waals surface area contributed by atoms with Gasteiger partial charge in [0.05, 0.1) is 22.6 Å². The first-order valence-corrected chi connectivity index (χ1v) is 6.85. The lowest BCUT2D eigenvalue weighted by Crippen LogP contribution is -2.29. The van der Waals surface area contributed by atoms with Crippen LogP contribution in [-0.4, -0.2) is 28.8 Å². The number of benzene rings is 2. The highest BCUT2D eigenvalue weighted by Crippen LogP contribution is 2.39. The number of nitro benzene ring substituents is 2. The molecular weight excluding hydrogens is 334 g/mol. The van der Waals surface area contributed by atoms with Gasteiger partial charge in [-0.2, -0.15) is 0 Å². The van der Waals surface area contributed by atoms with E-state index in [4.69, 9.17) is 4.74 Å². The second-order valence-corrected chi connectivity index (χ2v) is 5.01. The smallest absolute Gasteiger partial charge is 0.283 e. The maximum atomic E-state index is 12.6. The Morgan fingerprint density at radius 2 is 1.28 bits per heavy atom. The minimum atomic E-state index is -0.986. The lowest BCUT2D eigenvalue weighted by molar-refractivity contribution is -0.389. The van der Waals surface area contributed by atoms with Crippen molar-refractivity contribution in [3.63, 3.8) is 0 Å². The minimum absolute atomic E-state index is 0.121. The summed E-state index contributed by atoms with van der Waals surface area (Å²) < 4.78 is 4.98. The van der Waals surface area contributed by atoms with E-state index in [1.165, 1.54) is 31.4 Å². The van der Waals surface area contributed by atoms with Crippen LogP contribution in [0.25, 0.3) is 0 Å². The molecule has 10 nitrogen and oxygen atoms in total. The number of anilines is 1. The third-order valence-electron chi connectivity index (χ3n) is 3.72. The van der Waals surface area contributed by atoms with Gasteiger partial charge in [0.25, 0.3) is 23.2 Å². The van der Waals surface area contributed by atoms with Gasteiger partial charge in [0.2, 0.25) is 0 Å². The van der Waals surface area contributed by atoms with Crippen LogP contribution in [0.15, 0.2) is 36.4 Å². The fraction of sp³-hybridized carbons (Fsp3) is 0.0667. The Morgan fingerprint density at radius 1 is 0.840 bits per heavy atom. The number of carbonyl (C=O) groups excluding carboxylic acids is 2. The summed E-state index contributed by atoms with van der Waals surface area (Å²) in [5.41, 5.74) is -2.36. The molecule has 0 saturated heterocycles. The van der Waals surface area contributed by atoms with Crippen LogP contribution in [0, 0.1) is 20.2 Å². The number of carbonyl (C=O) groups is 2. The largest absolute Gasteiger partial charge is 0.497 e. The second-order valence-electron chi connectivity index (χ2n) is 5.01. The summed E-state index contributed by atoms with van der Waals surface area (Å²) in [5.74, 6) is -1.50. The first kappa shape index (κ1) is 16.1. The molecule has 126 valence electrons. The Labute approximate surface area is 139 Å². The average molecular weight is 343 g/mol. The highest BCUT2D eigenvalue weighted by Gasteiger charge is 2.46. The number of rotatable bonds is 4. The molecular formula is C15H9N3O7. The molecule has 0 fully saturated rings. The zero-order valence-corrected chi connectivity index (χ0v) is 12.7. The molecule has 0 N–H and O–H groups in total. The average Bonchev–Trinajstić information content (AvgIpc) is 2.85. The lowest BCUT2D eigenvalue weighted by atomic mass is 10.1. The molecule has 2 aromatic rings. The van der Waals surface area contributed by atoms with Gasteiger partial charge in [0, 0.05) is 12.1 Å². The first-order valence-electron chi connectivity index (χ1n) is 6.85. The van der Waals surface area contributed by atoms with E-state index in [9.17, 15) is 29.8 Å². The highest BCUT2D eigenvalue weighted by atomic mass is 16.6. The van der Waals surface area contributed by atoms with E-state index in [2.05, 4.69) is 0 Å². The number of nitro groups is 2. The zero-order chi connectivity index (χ0) is 18.3. The summed E-state index contributed by atoms with van der Waals surface area (Å²) in [7, 11) is 1.43. The minimum Gasteiger partial charge on any atom is -0.497 e. The number of methoxy groups -OCH3 is 1. The van der Waals surface area contributed by atoms with E-state index in [1.807, 2.05) is 0 Å². The van der Waals surface area contributed by atoms with E-state index < -0.39 is 44.2 Å². The van der Waals surface area contributed by atoms with Crippen molar-refractivity contribution in [2.75, 3.05) is 12.0 Å². The van der Waals surface area contributed by atoms with E-state index >= 15 is 0 Å². The number of hydrogen-bond donors (Lipinski definition) is 0. The summed E-state index contributed by atoms with van der Waals surface area (Å²) >= 11 is 0. The van der Waals surface area contributed by atoms with Gasteiger partial charge in [-0.15, -0.1) is 0 Å². The molecule has 0 aromatic heterocycles. The zero-order valence-electron chi connectivity index (χ0n) is 12.7. The molecule has 2 amide bonds. The normalized spacial score (nSPS) is 12.9. The summed E-state index contributed by atoms with van der Waals surface area (Å²) in [4.78, 5) is 46.5. The van der Waals surface area contributed by atoms with Gasteiger partial charge in [0.1, 0.15) is 16.9 Å². The quantitative estimate of drug-likeness (QED) is 0.472. The van der Waals surface area contributed by atoms with Crippen molar-refractivity contribution >= 4 is 28.9 Å². The molecule has 0 spiro atoms. The molecule has 10 heteroatoms. The summed E-state index contributed by atoms with van der Waals surface area (Å²) in [6.07, 6.45) is 0. The Balaban J connectivity index is 2.21. The van der Waals surface area contributed by atoms with Gasteiger partial charge >= 0.3 is 0 Å². The van der Waals surface area contributed by atoms with Crippen LogP contribution < -0.4 is 9.64 Å². The predicted molar refractivity (Wildman–Crippen MR) is 83.9 cm³/mol. The van der Waals surface area contributed by atoms with Crippen LogP contribution >= 0.6 is 0 Å². The van der Waals surface area contributed by atoms with Crippen molar-refractivity contribution in [2.45, 2.75) is 0 Å². The molecule has 2 aromatic carbocycles. The van der Waals surface area contributed by atoms with Gasteiger partial charge in [-0.05, 0) is 24.3 Å². The molecule has 0 bridgehead atoms. The van der Waals surface area contributed by atoms with Gasteiger partial charge in [-0.25, -0.2) is 4.90 Å². The standard InChI is InChI=1S/C15H9N3O7/c1-25-9-4-2-8(3-5-9)16-14(19)12-10(17(21)22)6-7-11(18(23)24)13(12)15(16)20/h2-7H,1H3. The van der Waals surface area contributed by atoms with Gasteiger partial charge in [-0.3, -0.25) is 29.8 Å². The Hall–Kier alpha value is -3.82. The first-order chi connectivity index (χ1) is 11.9. The van der Waals surface area contributed by atoms with Crippen LogP contribution in [0.4, 0.5) is 17.1 Å². The molecule has 1 aliphatic rings. The third kappa shape index (κ3) is 2.36. The van der Waals surface area contributed by atoms with Gasteiger partial charge in [0.15, 0.2) is 0 Å². The number of ether oxygens (including phenoxy) is 1. The van der Waals surface area contributed by atoms with Gasteiger partial charge in [-0.1, -0.05) is 0 Å². The van der Waals surface area contributed by atoms with Crippen LogP contribution in [0.3, 0.4) is 0 Å². The topological polar surface area (TPSA) is 133 Å². The summed E-state index contributed by atoms with van der Waals surface area (Å²) in [5, 5.41) is 22.3. The number of nitrogens with zero attached hydrogens (tertiary/aromatic N) is 3. The fourth-order valence-electron chi connectivity index (χ4n) is 2.60. The van der Waals surface area contributed by atoms with Crippen molar-refractivity contribution in [1.82, 2.24) is 0 Å². The van der Waals surface area contributed by atoms with E-state index in [0.717, 1.165) is 12.1 Å².